The smallest absolute Gasteiger partial charge is 0.309 e. The SMILES string of the molecule is C.C.C.C.C.C.C.COC(=O)Cc1cc(Cl)c(Oc2ccc(N)cc2)c(Cl)c1.COC(=O)Cc1cc(Cl)c(Oc2ccc([N+](=O)[O-])cc2)c(Cl)c1.C[Si](C)(C)C#Cc1cc(Cl)c(Oc2ccc([N+](=O)[O-])cc2)c(Cl)c1.O=C(O)Cc1cc(Cl)c(Oc2ccc([N+](=O)[O-])cc2)c(Cl)c1.O=[N+]([O-])c1ccc(F)cc1.O=[N+]([O-])c1ccc(Oc2c(Cl)cc(Br)cc2Cl)cc1.Oc1c(Cl)cc(Br)cc1Cl. The van der Waals surface area contributed by atoms with Crippen LogP contribution in [-0.4, -0.2) is 75.0 Å². The van der Waals surface area contributed by atoms with E-state index < -0.39 is 50.4 Å². The summed E-state index contributed by atoms with van der Waals surface area (Å²) in [5.41, 5.74) is 11.6. The van der Waals surface area contributed by atoms with Crippen LogP contribution >= 0.6 is 171 Å². The normalized spacial score (nSPS) is 9.71. The number of hydrogen-bond donors (Lipinski definition) is 3. The molecule has 0 radical (unpaired) electrons. The third kappa shape index (κ3) is 42.6. The molecule has 0 atom stereocenters. The van der Waals surface area contributed by atoms with Crippen LogP contribution in [0.15, 0.2) is 227 Å². The predicted octanol–water partition coefficient (Wildman–Crippen LogP) is 33.8. The quantitative estimate of drug-likeness (QED) is 0.0150. The van der Waals surface area contributed by atoms with Gasteiger partial charge in [0.05, 0.1) is 118 Å². The maximum atomic E-state index is 12.1. The van der Waals surface area contributed by atoms with E-state index in [0.29, 0.717) is 98.5 Å². The van der Waals surface area contributed by atoms with Gasteiger partial charge in [-0.25, -0.2) is 4.39 Å². The predicted molar refractivity (Wildman–Crippen MR) is 553 cm³/mol. The summed E-state index contributed by atoms with van der Waals surface area (Å²) in [5.74, 6) is 4.11. The topological polar surface area (TPSA) is 398 Å². The number of anilines is 1. The Labute approximate surface area is 862 Å². The molecule has 44 heteroatoms. The number of carboxylic acid groups (broad SMARTS) is 1. The minimum atomic E-state index is -1.50. The van der Waals surface area contributed by atoms with Gasteiger partial charge in [-0.3, -0.25) is 65.0 Å². The number of phenols is 1. The number of aliphatic carboxylic acids is 1. The number of nitrogens with two attached hydrogens (primary N) is 1. The molecule has 0 spiro atoms. The molecular weight excluding hydrogens is 2170 g/mol. The van der Waals surface area contributed by atoms with Crippen LogP contribution in [0.4, 0.5) is 38.5 Å². The van der Waals surface area contributed by atoms with Gasteiger partial charge in [-0.1, -0.05) is 249 Å². The van der Waals surface area contributed by atoms with Crippen molar-refractivity contribution in [3.63, 3.8) is 0 Å². The maximum absolute atomic E-state index is 12.1. The van der Waals surface area contributed by atoms with Crippen LogP contribution in [0.2, 0.25) is 79.9 Å². The Balaban J connectivity index is 0. The number of aromatic hydroxyl groups is 1. The first kappa shape index (κ1) is 127. The second kappa shape index (κ2) is 61.1. The summed E-state index contributed by atoms with van der Waals surface area (Å²) in [4.78, 5) is 83.0. The van der Waals surface area contributed by atoms with E-state index in [2.05, 4.69) is 72.4 Å². The molecule has 0 saturated heterocycles. The molecule has 0 amide bonds. The molecule has 12 aromatic rings. The zero-order valence-electron chi connectivity index (χ0n) is 66.4. The molecule has 0 aliphatic carbocycles. The van der Waals surface area contributed by atoms with Crippen LogP contribution in [0.3, 0.4) is 0 Å². The molecule has 0 unspecified atom stereocenters. The van der Waals surface area contributed by atoms with E-state index >= 15 is 0 Å². The average Bonchev–Trinajstić information content (AvgIpc) is 0.836. The minimum absolute atomic E-state index is 0. The van der Waals surface area contributed by atoms with Gasteiger partial charge < -0.3 is 49.1 Å². The molecule has 0 saturated carbocycles. The molecule has 12 aromatic carbocycles. The van der Waals surface area contributed by atoms with Gasteiger partial charge >= 0.3 is 17.9 Å². The number of nitro groups is 5. The van der Waals surface area contributed by atoms with Crippen molar-refractivity contribution in [1.29, 1.82) is 0 Å². The van der Waals surface area contributed by atoms with Crippen LogP contribution in [0.1, 0.15) is 74.2 Å². The molecule has 0 aliphatic heterocycles. The van der Waals surface area contributed by atoms with Crippen molar-refractivity contribution < 1.29 is 86.8 Å². The summed E-state index contributed by atoms with van der Waals surface area (Å²) < 4.78 is 50.7. The Morgan fingerprint density at radius 1 is 0.360 bits per heavy atom. The van der Waals surface area contributed by atoms with Crippen molar-refractivity contribution in [3.05, 3.63) is 366 Å². The fourth-order valence-electron chi connectivity index (χ4n) is 9.47. The number of phenolic OH excluding ortho intramolecular Hbond substituents is 1. The van der Waals surface area contributed by atoms with E-state index in [0.717, 1.165) is 38.8 Å². The highest BCUT2D eigenvalue weighted by molar-refractivity contribution is 9.10. The van der Waals surface area contributed by atoms with E-state index in [9.17, 15) is 69.3 Å². The first-order chi connectivity index (χ1) is 60.7. The number of ether oxygens (including phenoxy) is 7. The number of hydrogen-bond acceptors (Lipinski definition) is 22. The van der Waals surface area contributed by atoms with Gasteiger partial charge in [-0.15, -0.1) is 5.54 Å². The molecule has 28 nitrogen and oxygen atoms in total. The van der Waals surface area contributed by atoms with Crippen LogP contribution in [0.25, 0.3) is 0 Å². The Hall–Kier alpha value is -11.2. The van der Waals surface area contributed by atoms with E-state index in [4.69, 9.17) is 179 Å². The van der Waals surface area contributed by atoms with Crippen molar-refractivity contribution in [3.8, 4) is 74.7 Å². The lowest BCUT2D eigenvalue weighted by atomic mass is 10.1. The lowest BCUT2D eigenvalue weighted by molar-refractivity contribution is -0.385. The number of benzene rings is 12. The third-order valence-electron chi connectivity index (χ3n) is 15.4. The number of esters is 2. The lowest BCUT2D eigenvalue weighted by Crippen LogP contribution is -2.16. The largest absolute Gasteiger partial charge is 0.505 e. The molecule has 136 heavy (non-hydrogen) atoms. The molecule has 0 aliphatic rings. The van der Waals surface area contributed by atoms with Crippen LogP contribution < -0.4 is 29.4 Å². The number of rotatable bonds is 21. The molecule has 4 N–H and O–H groups in total. The zero-order chi connectivity index (χ0) is 95.8. The number of methoxy groups -OCH3 is 2. The third-order valence-corrected chi connectivity index (χ3v) is 20.6. The number of carbonyl (C=O) groups is 3. The highest BCUT2D eigenvalue weighted by Gasteiger charge is 2.21. The van der Waals surface area contributed by atoms with Gasteiger partial charge in [0.1, 0.15) is 42.6 Å². The van der Waals surface area contributed by atoms with E-state index in [-0.39, 0.29) is 153 Å². The number of halogens is 15. The Morgan fingerprint density at radius 2 is 0.566 bits per heavy atom. The maximum Gasteiger partial charge on any atom is 0.309 e. The summed E-state index contributed by atoms with van der Waals surface area (Å²) in [6.07, 6.45) is -0.0803. The number of nitrogen functional groups attached to an aromatic ring is 1. The summed E-state index contributed by atoms with van der Waals surface area (Å²) in [7, 11) is 1.12. The van der Waals surface area contributed by atoms with Crippen molar-refractivity contribution in [2.75, 3.05) is 20.0 Å². The van der Waals surface area contributed by atoms with E-state index in [1.807, 2.05) is 0 Å². The van der Waals surface area contributed by atoms with E-state index in [1.54, 1.807) is 84.9 Å². The summed E-state index contributed by atoms with van der Waals surface area (Å²) in [5, 5.41) is 73.4. The van der Waals surface area contributed by atoms with E-state index in [1.165, 1.54) is 123 Å². The van der Waals surface area contributed by atoms with Gasteiger partial charge in [0.15, 0.2) is 34.5 Å². The van der Waals surface area contributed by atoms with Crippen molar-refractivity contribution >= 4 is 231 Å². The van der Waals surface area contributed by atoms with Gasteiger partial charge in [0, 0.05) is 80.9 Å². The van der Waals surface area contributed by atoms with Crippen molar-refractivity contribution in [1.82, 2.24) is 0 Å². The Bertz CT molecular complexity index is 6010. The Morgan fingerprint density at radius 3 is 0.787 bits per heavy atom. The second-order valence-corrected chi connectivity index (χ2v) is 37.7. The van der Waals surface area contributed by atoms with Crippen LogP contribution in [0, 0.1) is 67.9 Å². The zero-order valence-corrected chi connectivity index (χ0v) is 79.7. The first-order valence-electron chi connectivity index (χ1n) is 35.6. The molecule has 728 valence electrons. The fraction of sp³-hybridized carbons (Fsp3) is 0.163. The first-order valence-corrected chi connectivity index (χ1v) is 45.2. The van der Waals surface area contributed by atoms with Crippen molar-refractivity contribution in [2.24, 2.45) is 0 Å². The van der Waals surface area contributed by atoms with Crippen LogP contribution in [0.5, 0.6) is 63.2 Å². The van der Waals surface area contributed by atoms with Crippen molar-refractivity contribution in [2.45, 2.75) is 90.9 Å². The minimum Gasteiger partial charge on any atom is -0.505 e. The highest BCUT2D eigenvalue weighted by atomic mass is 79.9. The van der Waals surface area contributed by atoms with Gasteiger partial charge in [0.2, 0.25) is 0 Å². The fourth-order valence-corrected chi connectivity index (χ4v) is 14.9. The molecule has 0 fully saturated rings. The molecular formula is C92H89Br2Cl12FN6O22Si. The molecule has 0 heterocycles. The number of nitrogens with zero attached hydrogens (tertiary/aromatic N) is 5. The second-order valence-electron chi connectivity index (χ2n) is 26.2. The van der Waals surface area contributed by atoms with Crippen LogP contribution in [-0.2, 0) is 43.1 Å². The van der Waals surface area contributed by atoms with Gasteiger partial charge in [-0.05, 0) is 174 Å². The number of non-ortho nitro benzene ring substituents is 5. The Kier molecular flexibility index (Phi) is 57.0. The molecule has 12 rings (SSSR count). The molecule has 0 bridgehead atoms. The monoisotopic (exact) mass is 2250 g/mol. The molecule has 0 aromatic heterocycles. The lowest BCUT2D eigenvalue weighted by Gasteiger charge is -2.11. The summed E-state index contributed by atoms with van der Waals surface area (Å²) in [6.45, 7) is 6.44. The number of nitro benzene ring substituents is 5. The number of carboxylic acids is 1. The highest BCUT2D eigenvalue weighted by Crippen LogP contribution is 2.44. The standard InChI is InChI=1S/C17H15Cl2NO3Si.C15H11Cl2NO5.C15H13Cl2NO3.C14H9Cl2NO5.C12H6BrCl2NO3.C6H3BrCl2O.C6H4FNO2.7CH4/c1-24(2,3)9-8-12-10-15(18)17(16(19)11-12)23-14-6-4-13(5-7-14)20(21)22;1-22-14(19)8-9-6-12(16)15(13(17)7-9)23-11-4-2-10(3-5-11)18(20)21;1-20-14(19)8-9-6-12(16)15(13(17)7-9)21-11-4-2-10(18)3-5-11;15-11-5-8(7-13(18)19)6-12(16)14(11)22-10-3-1-9(2-4-10)17(20)21;13-7-5-10(14)12(11(15)6-7)19-9-3-1-8(2-4-9)16(17)18;7-3-1-4(8)6(10)5(9)2-3;7-5-1-3-6(4-2-5)8(9)10;;;;;;;/h4-7,10-11H,1-3H3;2-7H,8H2,1H3;2-7H,8,18H2,1H3;1-6H,7H2,(H,18,19);1-6H;1-2,10H;1-4H;7*1H4. The average molecular weight is 2260 g/mol. The number of carbonyl (C=O) groups excluding carboxylic acids is 2. The van der Waals surface area contributed by atoms with Gasteiger partial charge in [-0.2, -0.15) is 0 Å². The summed E-state index contributed by atoms with van der Waals surface area (Å²) >= 11 is 78.7. The summed E-state index contributed by atoms with van der Waals surface area (Å²) in [6, 6.07) is 52.5. The van der Waals surface area contributed by atoms with Gasteiger partial charge in [0.25, 0.3) is 28.4 Å².